The van der Waals surface area contributed by atoms with Gasteiger partial charge in [0.15, 0.2) is 5.11 Å². The van der Waals surface area contributed by atoms with Crippen LogP contribution in [0, 0.1) is 27.7 Å². The van der Waals surface area contributed by atoms with Crippen molar-refractivity contribution in [3.63, 3.8) is 0 Å². The van der Waals surface area contributed by atoms with Crippen LogP contribution in [0.2, 0.25) is 0 Å². The summed E-state index contributed by atoms with van der Waals surface area (Å²) >= 11 is 5.94. The van der Waals surface area contributed by atoms with Crippen molar-refractivity contribution in [2.75, 3.05) is 5.32 Å². The molecule has 3 nitrogen and oxygen atoms in total. The zero-order chi connectivity index (χ0) is 24.1. The highest BCUT2D eigenvalue weighted by molar-refractivity contribution is 7.80. The van der Waals surface area contributed by atoms with E-state index in [1.54, 1.807) is 0 Å². The maximum Gasteiger partial charge on any atom is 0.174 e. The molecule has 0 saturated carbocycles. The summed E-state index contributed by atoms with van der Waals surface area (Å²) in [5.41, 5.74) is 9.94. The first-order chi connectivity index (χ1) is 16.4. The van der Waals surface area contributed by atoms with E-state index in [0.29, 0.717) is 0 Å². The number of anilines is 1. The Balaban J connectivity index is 1.57. The van der Waals surface area contributed by atoms with Crippen molar-refractivity contribution in [1.82, 2.24) is 9.47 Å². The molecule has 0 saturated heterocycles. The minimum absolute atomic E-state index is 0.726. The summed E-state index contributed by atoms with van der Waals surface area (Å²) in [4.78, 5) is 2.25. The smallest absolute Gasteiger partial charge is 0.174 e. The lowest BCUT2D eigenvalue weighted by Gasteiger charge is -2.27. The van der Waals surface area contributed by atoms with Crippen LogP contribution in [-0.2, 0) is 19.6 Å². The third-order valence-electron chi connectivity index (χ3n) is 6.24. The summed E-state index contributed by atoms with van der Waals surface area (Å²) in [6, 6.07) is 27.9. The Kier molecular flexibility index (Phi) is 7.49. The van der Waals surface area contributed by atoms with Gasteiger partial charge >= 0.3 is 0 Å². The van der Waals surface area contributed by atoms with Gasteiger partial charge in [0.25, 0.3) is 0 Å². The molecule has 4 rings (SSSR count). The minimum Gasteiger partial charge on any atom is -0.345 e. The monoisotopic (exact) mass is 467 g/mol. The van der Waals surface area contributed by atoms with E-state index < -0.39 is 0 Å². The molecule has 174 valence electrons. The van der Waals surface area contributed by atoms with Crippen LogP contribution in [0.1, 0.15) is 39.1 Å². The molecule has 4 heteroatoms. The second kappa shape index (κ2) is 10.7. The molecule has 0 aliphatic carbocycles. The molecule has 1 aromatic heterocycles. The summed E-state index contributed by atoms with van der Waals surface area (Å²) in [7, 11) is 0. The Labute approximate surface area is 209 Å². The normalized spacial score (nSPS) is 10.8. The number of aromatic nitrogens is 1. The number of rotatable bonds is 7. The van der Waals surface area contributed by atoms with Gasteiger partial charge in [-0.05, 0) is 80.4 Å². The summed E-state index contributed by atoms with van der Waals surface area (Å²) in [6.45, 7) is 10.9. The number of nitrogens with one attached hydrogen (secondary N) is 1. The highest BCUT2D eigenvalue weighted by atomic mass is 32.1. The molecule has 0 fully saturated rings. The van der Waals surface area contributed by atoms with E-state index in [4.69, 9.17) is 12.2 Å². The molecule has 0 atom stereocenters. The van der Waals surface area contributed by atoms with E-state index in [9.17, 15) is 0 Å². The Morgan fingerprint density at radius 2 is 1.50 bits per heavy atom. The predicted molar refractivity (Wildman–Crippen MR) is 147 cm³/mol. The van der Waals surface area contributed by atoms with Gasteiger partial charge in [-0.2, -0.15) is 0 Å². The molecule has 3 aromatic carbocycles. The second-order valence-corrected chi connectivity index (χ2v) is 9.53. The highest BCUT2D eigenvalue weighted by Gasteiger charge is 2.15. The number of hydrogen-bond donors (Lipinski definition) is 1. The molecule has 0 radical (unpaired) electrons. The second-order valence-electron chi connectivity index (χ2n) is 9.15. The molecule has 0 bridgehead atoms. The van der Waals surface area contributed by atoms with Gasteiger partial charge in [0.1, 0.15) is 0 Å². The molecule has 1 heterocycles. The first-order valence-corrected chi connectivity index (χ1v) is 12.2. The quantitative estimate of drug-likeness (QED) is 0.291. The lowest BCUT2D eigenvalue weighted by molar-refractivity contribution is 0.399. The fraction of sp³-hybridized carbons (Fsp3) is 0.233. The Hall–Kier alpha value is -3.37. The Morgan fingerprint density at radius 3 is 2.21 bits per heavy atom. The van der Waals surface area contributed by atoms with Crippen LogP contribution in [0.25, 0.3) is 0 Å². The van der Waals surface area contributed by atoms with E-state index in [-0.39, 0.29) is 0 Å². The van der Waals surface area contributed by atoms with Gasteiger partial charge in [-0.1, -0.05) is 71.8 Å². The van der Waals surface area contributed by atoms with Crippen LogP contribution >= 0.6 is 12.2 Å². The molecule has 0 amide bonds. The number of hydrogen-bond acceptors (Lipinski definition) is 1. The first-order valence-electron chi connectivity index (χ1n) is 11.8. The van der Waals surface area contributed by atoms with E-state index in [1.165, 1.54) is 39.1 Å². The van der Waals surface area contributed by atoms with Crippen molar-refractivity contribution in [2.24, 2.45) is 0 Å². The maximum atomic E-state index is 5.94. The van der Waals surface area contributed by atoms with Crippen molar-refractivity contribution in [3.8, 4) is 0 Å². The van der Waals surface area contributed by atoms with Gasteiger partial charge in [-0.15, -0.1) is 0 Å². The van der Waals surface area contributed by atoms with Gasteiger partial charge in [0.05, 0.1) is 6.54 Å². The first kappa shape index (κ1) is 23.8. The standard InChI is InChI=1S/C30H33N3S/c1-22-12-14-27(24(3)17-22)20-32-16-8-11-28(32)21-33(19-26-9-6-5-7-10-26)30(34)31-29-15-13-23(2)18-25(29)4/h5-18H,19-21H2,1-4H3,(H,31,34). The lowest BCUT2D eigenvalue weighted by Crippen LogP contribution is -2.34. The summed E-state index contributed by atoms with van der Waals surface area (Å²) < 4.78 is 2.33. The van der Waals surface area contributed by atoms with Gasteiger partial charge in [0, 0.05) is 30.7 Å². The van der Waals surface area contributed by atoms with Crippen molar-refractivity contribution in [1.29, 1.82) is 0 Å². The van der Waals surface area contributed by atoms with Crippen LogP contribution in [-0.4, -0.2) is 14.6 Å². The third kappa shape index (κ3) is 5.95. The molecule has 4 aromatic rings. The molecule has 0 aliphatic rings. The molecule has 0 unspecified atom stereocenters. The highest BCUT2D eigenvalue weighted by Crippen LogP contribution is 2.20. The number of thiocarbonyl (C=S) groups is 1. The summed E-state index contributed by atoms with van der Waals surface area (Å²) in [5, 5.41) is 4.23. The summed E-state index contributed by atoms with van der Waals surface area (Å²) in [6.07, 6.45) is 2.16. The average molecular weight is 468 g/mol. The lowest BCUT2D eigenvalue weighted by atomic mass is 10.1. The van der Waals surface area contributed by atoms with Crippen molar-refractivity contribution >= 4 is 23.0 Å². The van der Waals surface area contributed by atoms with Gasteiger partial charge in [-0.3, -0.25) is 0 Å². The Morgan fingerprint density at radius 1 is 0.794 bits per heavy atom. The number of benzene rings is 3. The third-order valence-corrected chi connectivity index (χ3v) is 6.60. The van der Waals surface area contributed by atoms with Crippen LogP contribution in [0.4, 0.5) is 5.69 Å². The van der Waals surface area contributed by atoms with Gasteiger partial charge in [0.2, 0.25) is 0 Å². The largest absolute Gasteiger partial charge is 0.345 e. The average Bonchev–Trinajstić information content (AvgIpc) is 3.24. The number of nitrogens with zero attached hydrogens (tertiary/aromatic N) is 2. The van der Waals surface area contributed by atoms with Gasteiger partial charge < -0.3 is 14.8 Å². The van der Waals surface area contributed by atoms with E-state index in [0.717, 1.165) is 30.4 Å². The van der Waals surface area contributed by atoms with Crippen molar-refractivity contribution < 1.29 is 0 Å². The maximum absolute atomic E-state index is 5.94. The van der Waals surface area contributed by atoms with Crippen LogP contribution in [0.3, 0.4) is 0 Å². The van der Waals surface area contributed by atoms with E-state index in [2.05, 4.69) is 128 Å². The zero-order valence-electron chi connectivity index (χ0n) is 20.5. The van der Waals surface area contributed by atoms with Crippen molar-refractivity contribution in [2.45, 2.75) is 47.3 Å². The molecule has 1 N–H and O–H groups in total. The topological polar surface area (TPSA) is 20.2 Å². The minimum atomic E-state index is 0.726. The molecular weight excluding hydrogens is 434 g/mol. The molecular formula is C30H33N3S. The van der Waals surface area contributed by atoms with Gasteiger partial charge in [-0.25, -0.2) is 0 Å². The molecule has 34 heavy (non-hydrogen) atoms. The fourth-order valence-electron chi connectivity index (χ4n) is 4.30. The number of aryl methyl sites for hydroxylation is 4. The molecule has 0 aliphatic heterocycles. The zero-order valence-corrected chi connectivity index (χ0v) is 21.3. The van der Waals surface area contributed by atoms with Crippen LogP contribution in [0.5, 0.6) is 0 Å². The van der Waals surface area contributed by atoms with Crippen LogP contribution < -0.4 is 5.32 Å². The fourth-order valence-corrected chi connectivity index (χ4v) is 4.54. The van der Waals surface area contributed by atoms with Crippen molar-refractivity contribution in [3.05, 3.63) is 124 Å². The summed E-state index contributed by atoms with van der Waals surface area (Å²) in [5.74, 6) is 0. The predicted octanol–water partition coefficient (Wildman–Crippen LogP) is 7.17. The Bertz CT molecular complexity index is 1270. The van der Waals surface area contributed by atoms with E-state index in [1.807, 2.05) is 0 Å². The van der Waals surface area contributed by atoms with Crippen LogP contribution in [0.15, 0.2) is 85.1 Å². The van der Waals surface area contributed by atoms with E-state index >= 15 is 0 Å². The molecule has 0 spiro atoms. The SMILES string of the molecule is Cc1ccc(Cn2cccc2CN(Cc2ccccc2)C(=S)Nc2ccc(C)cc2C)c(C)c1.